The van der Waals surface area contributed by atoms with Crippen molar-refractivity contribution in [3.63, 3.8) is 0 Å². The van der Waals surface area contributed by atoms with Crippen LogP contribution in [0.3, 0.4) is 0 Å². The van der Waals surface area contributed by atoms with Gasteiger partial charge in [0.15, 0.2) is 6.61 Å². The fraction of sp³-hybridized carbons (Fsp3) is 0.417. The van der Waals surface area contributed by atoms with Gasteiger partial charge in [-0.05, 0) is 31.5 Å². The van der Waals surface area contributed by atoms with Gasteiger partial charge >= 0.3 is 0 Å². The van der Waals surface area contributed by atoms with Crippen molar-refractivity contribution in [1.82, 2.24) is 5.32 Å². The molecule has 1 amide bonds. The van der Waals surface area contributed by atoms with E-state index in [1.807, 2.05) is 13.0 Å². The first kappa shape index (κ1) is 12.5. The molecule has 4 nitrogen and oxygen atoms in total. The van der Waals surface area contributed by atoms with Crippen LogP contribution < -0.4 is 10.1 Å². The molecule has 88 valence electrons. The highest BCUT2D eigenvalue weighted by Gasteiger charge is 2.04. The first-order valence-electron chi connectivity index (χ1n) is 5.31. The van der Waals surface area contributed by atoms with Crippen molar-refractivity contribution in [2.75, 3.05) is 13.2 Å². The molecule has 0 saturated carbocycles. The Labute approximate surface area is 95.2 Å². The third-order valence-corrected chi connectivity index (χ3v) is 2.08. The fourth-order valence-electron chi connectivity index (χ4n) is 1.26. The maximum absolute atomic E-state index is 11.1. The van der Waals surface area contributed by atoms with E-state index >= 15 is 0 Å². The zero-order chi connectivity index (χ0) is 12.0. The van der Waals surface area contributed by atoms with E-state index < -0.39 is 6.10 Å². The first-order chi connectivity index (χ1) is 7.63. The summed E-state index contributed by atoms with van der Waals surface area (Å²) < 4.78 is 5.29. The Morgan fingerprint density at radius 3 is 2.94 bits per heavy atom. The highest BCUT2D eigenvalue weighted by molar-refractivity contribution is 5.77. The van der Waals surface area contributed by atoms with E-state index in [-0.39, 0.29) is 12.5 Å². The summed E-state index contributed by atoms with van der Waals surface area (Å²) in [6, 6.07) is 7.08. The number of ether oxygens (including phenoxy) is 1. The molecule has 4 heteroatoms. The average molecular weight is 223 g/mol. The summed E-state index contributed by atoms with van der Waals surface area (Å²) in [5.41, 5.74) is 0.772. The maximum Gasteiger partial charge on any atom is 0.257 e. The minimum absolute atomic E-state index is 0.00287. The molecule has 16 heavy (non-hydrogen) atoms. The van der Waals surface area contributed by atoms with E-state index in [4.69, 9.17) is 4.74 Å². The largest absolute Gasteiger partial charge is 0.484 e. The van der Waals surface area contributed by atoms with Gasteiger partial charge in [-0.2, -0.15) is 0 Å². The Kier molecular flexibility index (Phi) is 4.79. The lowest BCUT2D eigenvalue weighted by Gasteiger charge is -2.09. The van der Waals surface area contributed by atoms with Gasteiger partial charge in [0.2, 0.25) is 0 Å². The van der Waals surface area contributed by atoms with Gasteiger partial charge in [-0.3, -0.25) is 4.79 Å². The Morgan fingerprint density at radius 2 is 2.31 bits per heavy atom. The smallest absolute Gasteiger partial charge is 0.257 e. The number of aliphatic hydroxyl groups excluding tert-OH is 1. The van der Waals surface area contributed by atoms with E-state index in [9.17, 15) is 9.90 Å². The molecule has 0 aliphatic heterocycles. The number of hydrogen-bond donors (Lipinski definition) is 2. The van der Waals surface area contributed by atoms with E-state index in [1.165, 1.54) is 0 Å². The Hall–Kier alpha value is -1.55. The van der Waals surface area contributed by atoms with Crippen molar-refractivity contribution < 1.29 is 14.6 Å². The van der Waals surface area contributed by atoms with Gasteiger partial charge in [0.05, 0.1) is 6.10 Å². The molecule has 1 rings (SSSR count). The zero-order valence-corrected chi connectivity index (χ0v) is 9.56. The summed E-state index contributed by atoms with van der Waals surface area (Å²) in [7, 11) is 0. The lowest BCUT2D eigenvalue weighted by Crippen LogP contribution is -2.28. The van der Waals surface area contributed by atoms with Crippen LogP contribution in [0.2, 0.25) is 0 Å². The first-order valence-corrected chi connectivity index (χ1v) is 5.31. The summed E-state index contributed by atoms with van der Waals surface area (Å²) in [5, 5.41) is 12.0. The fourth-order valence-corrected chi connectivity index (χ4v) is 1.26. The number of amides is 1. The van der Waals surface area contributed by atoms with Gasteiger partial charge in [-0.25, -0.2) is 0 Å². The second-order valence-corrected chi connectivity index (χ2v) is 3.49. The van der Waals surface area contributed by atoms with Crippen LogP contribution >= 0.6 is 0 Å². The summed E-state index contributed by atoms with van der Waals surface area (Å²) in [5.74, 6) is 0.439. The Bertz CT molecular complexity index is 350. The van der Waals surface area contributed by atoms with Gasteiger partial charge in [-0.1, -0.05) is 12.1 Å². The van der Waals surface area contributed by atoms with Crippen LogP contribution in [0.15, 0.2) is 24.3 Å². The third-order valence-electron chi connectivity index (χ3n) is 2.08. The van der Waals surface area contributed by atoms with Crippen molar-refractivity contribution in [1.29, 1.82) is 0 Å². The summed E-state index contributed by atoms with van der Waals surface area (Å²) in [6.07, 6.45) is -0.534. The van der Waals surface area contributed by atoms with Crippen LogP contribution in [0.4, 0.5) is 0 Å². The third kappa shape index (κ3) is 3.90. The molecule has 0 heterocycles. The minimum Gasteiger partial charge on any atom is -0.484 e. The summed E-state index contributed by atoms with van der Waals surface area (Å²) >= 11 is 0. The monoisotopic (exact) mass is 223 g/mol. The number of hydrogen-bond acceptors (Lipinski definition) is 3. The van der Waals surface area contributed by atoms with E-state index in [0.29, 0.717) is 12.3 Å². The van der Waals surface area contributed by atoms with Crippen molar-refractivity contribution >= 4 is 5.91 Å². The number of nitrogens with one attached hydrogen (secondary N) is 1. The van der Waals surface area contributed by atoms with Crippen LogP contribution in [0, 0.1) is 0 Å². The summed E-state index contributed by atoms with van der Waals surface area (Å²) in [4.78, 5) is 11.1. The van der Waals surface area contributed by atoms with Crippen LogP contribution in [0.1, 0.15) is 25.5 Å². The molecular formula is C12H17NO3. The highest BCUT2D eigenvalue weighted by Crippen LogP contribution is 2.18. The van der Waals surface area contributed by atoms with Gasteiger partial charge in [-0.15, -0.1) is 0 Å². The number of carbonyl (C=O) groups is 1. The molecule has 1 aromatic carbocycles. The highest BCUT2D eigenvalue weighted by atomic mass is 16.5. The number of rotatable bonds is 5. The summed E-state index contributed by atoms with van der Waals surface area (Å²) in [6.45, 7) is 4.13. The number of carbonyl (C=O) groups excluding carboxylic acids is 1. The predicted molar refractivity (Wildman–Crippen MR) is 61.3 cm³/mol. The van der Waals surface area contributed by atoms with Crippen molar-refractivity contribution in [2.45, 2.75) is 20.0 Å². The van der Waals surface area contributed by atoms with E-state index in [1.54, 1.807) is 25.1 Å². The van der Waals surface area contributed by atoms with Gasteiger partial charge in [0, 0.05) is 6.54 Å². The topological polar surface area (TPSA) is 58.6 Å². The quantitative estimate of drug-likeness (QED) is 0.790. The molecule has 0 bridgehead atoms. The molecule has 1 aromatic rings. The molecule has 0 aliphatic carbocycles. The Morgan fingerprint density at radius 1 is 1.56 bits per heavy atom. The SMILES string of the molecule is CCNC(=O)COc1cccc([C@@H](C)O)c1. The normalized spacial score (nSPS) is 11.9. The molecule has 0 spiro atoms. The van der Waals surface area contributed by atoms with E-state index in [0.717, 1.165) is 5.56 Å². The molecule has 0 unspecified atom stereocenters. The van der Waals surface area contributed by atoms with Gasteiger partial charge < -0.3 is 15.2 Å². The Balaban J connectivity index is 2.54. The average Bonchev–Trinajstić information content (AvgIpc) is 2.27. The number of benzene rings is 1. The maximum atomic E-state index is 11.1. The second kappa shape index (κ2) is 6.12. The lowest BCUT2D eigenvalue weighted by atomic mass is 10.1. The van der Waals surface area contributed by atoms with Gasteiger partial charge in [0.25, 0.3) is 5.91 Å². The van der Waals surface area contributed by atoms with Crippen molar-refractivity contribution in [2.24, 2.45) is 0 Å². The van der Waals surface area contributed by atoms with Crippen LogP contribution in [0.25, 0.3) is 0 Å². The van der Waals surface area contributed by atoms with Crippen LogP contribution in [-0.4, -0.2) is 24.2 Å². The zero-order valence-electron chi connectivity index (χ0n) is 9.56. The van der Waals surface area contributed by atoms with E-state index in [2.05, 4.69) is 5.32 Å². The van der Waals surface area contributed by atoms with Crippen molar-refractivity contribution in [3.05, 3.63) is 29.8 Å². The van der Waals surface area contributed by atoms with Crippen LogP contribution in [-0.2, 0) is 4.79 Å². The molecular weight excluding hydrogens is 206 g/mol. The second-order valence-electron chi connectivity index (χ2n) is 3.49. The molecule has 0 radical (unpaired) electrons. The number of likely N-dealkylation sites (N-methyl/N-ethyl adjacent to an activating group) is 1. The minimum atomic E-state index is -0.534. The van der Waals surface area contributed by atoms with Crippen LogP contribution in [0.5, 0.6) is 5.75 Å². The standard InChI is InChI=1S/C12H17NO3/c1-3-13-12(15)8-16-11-6-4-5-10(7-11)9(2)14/h4-7,9,14H,3,8H2,1-2H3,(H,13,15)/t9-/m1/s1. The molecule has 1 atom stereocenters. The molecule has 0 saturated heterocycles. The molecule has 2 N–H and O–H groups in total. The molecule has 0 aromatic heterocycles. The van der Waals surface area contributed by atoms with Crippen molar-refractivity contribution in [3.8, 4) is 5.75 Å². The lowest BCUT2D eigenvalue weighted by molar-refractivity contribution is -0.122. The number of aliphatic hydroxyl groups is 1. The van der Waals surface area contributed by atoms with Gasteiger partial charge in [0.1, 0.15) is 5.75 Å². The molecule has 0 aliphatic rings. The predicted octanol–water partition coefficient (Wildman–Crippen LogP) is 1.25. The molecule has 0 fully saturated rings.